The van der Waals surface area contributed by atoms with Crippen molar-refractivity contribution in [3.8, 4) is 0 Å². The molecule has 0 unspecified atom stereocenters. The summed E-state index contributed by atoms with van der Waals surface area (Å²) in [4.78, 5) is 24.5. The molecule has 1 atom stereocenters. The summed E-state index contributed by atoms with van der Waals surface area (Å²) in [7, 11) is 0. The van der Waals surface area contributed by atoms with Gasteiger partial charge in [0, 0.05) is 12.3 Å². The average molecular weight is 321 g/mol. The number of carbonyl (C=O) groups excluding carboxylic acids is 2. The van der Waals surface area contributed by atoms with Crippen molar-refractivity contribution < 1.29 is 16.4 Å². The van der Waals surface area contributed by atoms with Crippen LogP contribution in [0.25, 0.3) is 0 Å². The van der Waals surface area contributed by atoms with E-state index in [0.29, 0.717) is 11.8 Å². The minimum atomic E-state index is -1.13. The minimum Gasteiger partial charge on any atom is -0.368 e. The summed E-state index contributed by atoms with van der Waals surface area (Å²) >= 11 is 0. The van der Waals surface area contributed by atoms with Crippen molar-refractivity contribution in [3.63, 3.8) is 0 Å². The number of carbonyl (C=O) groups is 2. The number of nitrogens with two attached hydrogens (primary N) is 1. The van der Waals surface area contributed by atoms with Crippen molar-refractivity contribution in [2.24, 2.45) is 23.5 Å². The van der Waals surface area contributed by atoms with Gasteiger partial charge in [0.15, 0.2) is 0 Å². The van der Waals surface area contributed by atoms with Crippen LogP contribution in [-0.4, -0.2) is 17.9 Å². The predicted octanol–water partition coefficient (Wildman–Crippen LogP) is 2.66. The zero-order valence-corrected chi connectivity index (χ0v) is 13.7. The molecule has 1 aromatic carbocycles. The first-order chi connectivity index (χ1) is 13.0. The molecular weight excluding hydrogens is 288 g/mol. The lowest BCUT2D eigenvalue weighted by Crippen LogP contribution is -2.48. The highest BCUT2D eigenvalue weighted by Gasteiger charge is 2.29. The van der Waals surface area contributed by atoms with E-state index in [1.165, 1.54) is 0 Å². The van der Waals surface area contributed by atoms with Gasteiger partial charge in [0.1, 0.15) is 6.04 Å². The van der Waals surface area contributed by atoms with E-state index in [9.17, 15) is 9.59 Å². The predicted molar refractivity (Wildman–Crippen MR) is 91.6 cm³/mol. The lowest BCUT2D eigenvalue weighted by Gasteiger charge is -2.30. The number of nitrogens with one attached hydrogen (secondary N) is 1. The maximum absolute atomic E-state index is 12.6. The smallest absolute Gasteiger partial charge is 0.240 e. The second-order valence-electron chi connectivity index (χ2n) is 6.63. The van der Waals surface area contributed by atoms with Crippen molar-refractivity contribution in [1.82, 2.24) is 5.32 Å². The van der Waals surface area contributed by atoms with E-state index in [1.807, 2.05) is 0 Å². The van der Waals surface area contributed by atoms with Crippen molar-refractivity contribution in [2.45, 2.75) is 52.0 Å². The molecule has 1 aliphatic rings. The molecule has 0 aromatic heterocycles. The van der Waals surface area contributed by atoms with Gasteiger partial charge >= 0.3 is 0 Å². The highest BCUT2D eigenvalue weighted by molar-refractivity contribution is 5.87. The standard InChI is InChI=1S/C19H28N2O2/c1-13(2)15-8-10-16(11-9-15)19(23)21-17(18(20)22)12-14-6-4-3-5-7-14/h3-7,13,15-17H,8-12H2,1-2H3,(H2,20,22)(H,21,23)/t15?,16?,17-/m1/s1/i3D,4D,5D,6D,7D. The van der Waals surface area contributed by atoms with Gasteiger partial charge in [-0.1, -0.05) is 44.1 Å². The topological polar surface area (TPSA) is 72.2 Å². The molecule has 1 aromatic rings. The molecule has 0 radical (unpaired) electrons. The number of hydrogen-bond donors (Lipinski definition) is 2. The van der Waals surface area contributed by atoms with Crippen LogP contribution in [0.4, 0.5) is 0 Å². The Hall–Kier alpha value is -1.84. The number of amides is 2. The van der Waals surface area contributed by atoms with Gasteiger partial charge in [0.2, 0.25) is 11.8 Å². The van der Waals surface area contributed by atoms with Gasteiger partial charge in [-0.25, -0.2) is 0 Å². The zero-order chi connectivity index (χ0) is 21.2. The largest absolute Gasteiger partial charge is 0.368 e. The molecule has 1 aliphatic carbocycles. The van der Waals surface area contributed by atoms with Crippen molar-refractivity contribution in [1.29, 1.82) is 0 Å². The molecule has 0 spiro atoms. The van der Waals surface area contributed by atoms with Gasteiger partial charge in [-0.3, -0.25) is 9.59 Å². The van der Waals surface area contributed by atoms with Crippen LogP contribution in [-0.2, 0) is 16.0 Å². The zero-order valence-electron chi connectivity index (χ0n) is 18.7. The van der Waals surface area contributed by atoms with Gasteiger partial charge in [0.05, 0.1) is 6.85 Å². The Morgan fingerprint density at radius 3 is 2.35 bits per heavy atom. The molecule has 2 amide bonds. The number of rotatable bonds is 6. The average Bonchev–Trinajstić information content (AvgIpc) is 2.66. The van der Waals surface area contributed by atoms with E-state index in [-0.39, 0.29) is 35.9 Å². The normalized spacial score (nSPS) is 25.6. The third kappa shape index (κ3) is 5.08. The molecule has 3 N–H and O–H groups in total. The molecule has 2 rings (SSSR count). The van der Waals surface area contributed by atoms with Gasteiger partial charge in [-0.15, -0.1) is 0 Å². The van der Waals surface area contributed by atoms with E-state index in [4.69, 9.17) is 12.6 Å². The first kappa shape index (κ1) is 11.7. The van der Waals surface area contributed by atoms with Gasteiger partial charge < -0.3 is 11.1 Å². The van der Waals surface area contributed by atoms with Crippen LogP contribution in [0.2, 0.25) is 0 Å². The highest BCUT2D eigenvalue weighted by Crippen LogP contribution is 2.33. The van der Waals surface area contributed by atoms with Crippen LogP contribution in [0.3, 0.4) is 0 Å². The van der Waals surface area contributed by atoms with Crippen LogP contribution >= 0.6 is 0 Å². The summed E-state index contributed by atoms with van der Waals surface area (Å²) in [6, 6.07) is -3.35. The summed E-state index contributed by atoms with van der Waals surface area (Å²) in [5, 5.41) is 2.64. The molecule has 0 bridgehead atoms. The Morgan fingerprint density at radius 2 is 1.83 bits per heavy atom. The summed E-state index contributed by atoms with van der Waals surface area (Å²) in [6.07, 6.45) is 3.17. The molecule has 1 saturated carbocycles. The van der Waals surface area contributed by atoms with Crippen LogP contribution < -0.4 is 11.1 Å². The Bertz CT molecular complexity index is 732. The van der Waals surface area contributed by atoms with Crippen molar-refractivity contribution >= 4 is 11.8 Å². The molecule has 0 aliphatic heterocycles. The fraction of sp³-hybridized carbons (Fsp3) is 0.579. The lowest BCUT2D eigenvalue weighted by molar-refractivity contribution is -0.130. The lowest BCUT2D eigenvalue weighted by atomic mass is 9.76. The maximum atomic E-state index is 12.6. The monoisotopic (exact) mass is 321 g/mol. The van der Waals surface area contributed by atoms with Crippen LogP contribution in [0.15, 0.2) is 30.2 Å². The van der Waals surface area contributed by atoms with Gasteiger partial charge in [-0.05, 0) is 43.1 Å². The molecule has 0 saturated heterocycles. The van der Waals surface area contributed by atoms with E-state index >= 15 is 0 Å². The fourth-order valence-corrected chi connectivity index (χ4v) is 3.14. The summed E-state index contributed by atoms with van der Waals surface area (Å²) in [6.45, 7) is 4.35. The van der Waals surface area contributed by atoms with Crippen molar-refractivity contribution in [3.05, 3.63) is 35.8 Å². The van der Waals surface area contributed by atoms with Crippen LogP contribution in [0.1, 0.15) is 51.9 Å². The molecule has 1 fully saturated rings. The van der Waals surface area contributed by atoms with E-state index < -0.39 is 30.1 Å². The number of primary amides is 1. The summed E-state index contributed by atoms with van der Waals surface area (Å²) < 4.78 is 39.0. The first-order valence-corrected chi connectivity index (χ1v) is 8.20. The first-order valence-electron chi connectivity index (χ1n) is 10.7. The van der Waals surface area contributed by atoms with Crippen LogP contribution in [0, 0.1) is 17.8 Å². The molecule has 0 heterocycles. The second-order valence-corrected chi connectivity index (χ2v) is 6.63. The Kier molecular flexibility index (Phi) is 4.12. The Morgan fingerprint density at radius 1 is 1.22 bits per heavy atom. The third-order valence-corrected chi connectivity index (χ3v) is 4.71. The van der Waals surface area contributed by atoms with E-state index in [0.717, 1.165) is 25.7 Å². The Labute approximate surface area is 145 Å². The van der Waals surface area contributed by atoms with E-state index in [2.05, 4.69) is 19.2 Å². The molecule has 126 valence electrons. The quantitative estimate of drug-likeness (QED) is 0.845. The fourth-order valence-electron chi connectivity index (χ4n) is 3.14. The molecule has 4 heteroatoms. The maximum Gasteiger partial charge on any atom is 0.240 e. The van der Waals surface area contributed by atoms with Crippen LogP contribution in [0.5, 0.6) is 0 Å². The van der Waals surface area contributed by atoms with E-state index in [1.54, 1.807) is 0 Å². The molecular formula is C19H28N2O2. The molecule has 23 heavy (non-hydrogen) atoms. The minimum absolute atomic E-state index is 0.0291. The second kappa shape index (κ2) is 8.14. The van der Waals surface area contributed by atoms with Crippen molar-refractivity contribution in [2.75, 3.05) is 0 Å². The Balaban J connectivity index is 2.13. The summed E-state index contributed by atoms with van der Waals surface area (Å²) in [5.41, 5.74) is 5.39. The number of benzene rings is 1. The van der Waals surface area contributed by atoms with Gasteiger partial charge in [0.25, 0.3) is 0 Å². The third-order valence-electron chi connectivity index (χ3n) is 4.71. The highest BCUT2D eigenvalue weighted by atomic mass is 16.2. The van der Waals surface area contributed by atoms with Gasteiger partial charge in [-0.2, -0.15) is 0 Å². The number of hydrogen-bond acceptors (Lipinski definition) is 2. The SMILES string of the molecule is [2H]c1c([2H])c([2H])c(C[C@@H](NC(=O)C2CCC(C(C)C)CC2)C(N)=O)c([2H])c1[2H]. The summed E-state index contributed by atoms with van der Waals surface area (Å²) in [5.74, 6) is -0.0835. The molecule has 4 nitrogen and oxygen atoms in total.